The van der Waals surface area contributed by atoms with Crippen LogP contribution in [0, 0.1) is 23.6 Å². The summed E-state index contributed by atoms with van der Waals surface area (Å²) in [5.74, 6) is 0.997. The van der Waals surface area contributed by atoms with Crippen LogP contribution >= 0.6 is 0 Å². The van der Waals surface area contributed by atoms with E-state index in [2.05, 4.69) is 5.32 Å². The lowest BCUT2D eigenvalue weighted by atomic mass is 9.85. The number of benzene rings is 2. The minimum absolute atomic E-state index is 0.375. The van der Waals surface area contributed by atoms with E-state index in [-0.39, 0.29) is 5.91 Å². The highest BCUT2D eigenvalue weighted by Gasteiger charge is 2.54. The van der Waals surface area contributed by atoms with Crippen molar-refractivity contribution in [2.45, 2.75) is 5.60 Å². The minimum Gasteiger partial charge on any atom is -0.372 e. The van der Waals surface area contributed by atoms with Gasteiger partial charge in [0.1, 0.15) is 5.82 Å². The van der Waals surface area contributed by atoms with Gasteiger partial charge < -0.3 is 15.3 Å². The van der Waals surface area contributed by atoms with Crippen LogP contribution < -0.4 is 5.32 Å². The number of aliphatic hydroxyl groups is 1. The van der Waals surface area contributed by atoms with Crippen LogP contribution in [0.3, 0.4) is 0 Å². The molecule has 0 bridgehead atoms. The molecule has 1 aliphatic heterocycles. The molecule has 0 spiro atoms. The topological polar surface area (TPSA) is 52.6 Å². The Morgan fingerprint density at radius 2 is 1.69 bits per heavy atom. The molecule has 1 saturated carbocycles. The lowest BCUT2D eigenvalue weighted by Crippen LogP contribution is -2.47. The Balaban J connectivity index is 1.64. The Bertz CT molecular complexity index is 785. The molecule has 2 aromatic carbocycles. The molecule has 5 heteroatoms. The van der Waals surface area contributed by atoms with Crippen molar-refractivity contribution in [3.8, 4) is 0 Å². The van der Waals surface area contributed by atoms with Crippen LogP contribution in [0.4, 0.5) is 4.39 Å². The lowest BCUT2D eigenvalue weighted by molar-refractivity contribution is -0.147. The van der Waals surface area contributed by atoms with Crippen molar-refractivity contribution in [3.05, 3.63) is 71.5 Å². The molecule has 4 rings (SSSR count). The third-order valence-corrected chi connectivity index (χ3v) is 5.86. The van der Waals surface area contributed by atoms with E-state index in [4.69, 9.17) is 0 Å². The number of rotatable bonds is 5. The average molecular weight is 354 g/mol. The van der Waals surface area contributed by atoms with Crippen LogP contribution in [-0.4, -0.2) is 42.6 Å². The van der Waals surface area contributed by atoms with Gasteiger partial charge in [0.05, 0.1) is 0 Å². The first-order chi connectivity index (χ1) is 12.5. The highest BCUT2D eigenvalue weighted by atomic mass is 19.1. The summed E-state index contributed by atoms with van der Waals surface area (Å²) in [5.41, 5.74) is -0.966. The Hall–Kier alpha value is -2.24. The molecule has 2 N–H and O–H groups in total. The van der Waals surface area contributed by atoms with E-state index < -0.39 is 11.4 Å². The fourth-order valence-electron chi connectivity index (χ4n) is 4.28. The van der Waals surface area contributed by atoms with E-state index in [1.54, 1.807) is 36.2 Å². The quantitative estimate of drug-likeness (QED) is 0.863. The number of likely N-dealkylation sites (N-methyl/N-ethyl adjacent to an activating group) is 1. The zero-order valence-electron chi connectivity index (χ0n) is 14.7. The van der Waals surface area contributed by atoms with Gasteiger partial charge in [-0.25, -0.2) is 4.39 Å². The molecular weight excluding hydrogens is 331 g/mol. The molecule has 26 heavy (non-hydrogen) atoms. The molecule has 1 unspecified atom stereocenters. The van der Waals surface area contributed by atoms with Gasteiger partial charge in [0, 0.05) is 13.6 Å². The summed E-state index contributed by atoms with van der Waals surface area (Å²) in [4.78, 5) is 14.9. The second-order valence-electron chi connectivity index (χ2n) is 7.42. The van der Waals surface area contributed by atoms with Gasteiger partial charge in [-0.3, -0.25) is 4.79 Å². The average Bonchev–Trinajstić information content (AvgIpc) is 3.08. The Morgan fingerprint density at radius 1 is 1.12 bits per heavy atom. The molecule has 1 heterocycles. The van der Waals surface area contributed by atoms with E-state index in [1.807, 2.05) is 6.07 Å². The van der Waals surface area contributed by atoms with Gasteiger partial charge in [0.15, 0.2) is 5.60 Å². The molecule has 2 aromatic rings. The van der Waals surface area contributed by atoms with Crippen molar-refractivity contribution in [1.82, 2.24) is 10.2 Å². The molecule has 1 amide bonds. The molecule has 4 atom stereocenters. The standard InChI is InChI=1S/C21H23FN2O2/c1-24(13-19-17-11-23-12-18(17)19)20(25)21(26,14-5-3-2-4-6-14)15-7-9-16(22)10-8-15/h2-10,17-19,23,26H,11-13H2,1H3/t17-,18+,19?,21-/m0/s1. The molecule has 4 nitrogen and oxygen atoms in total. The number of halogens is 1. The normalized spacial score (nSPS) is 26.0. The third kappa shape index (κ3) is 2.81. The van der Waals surface area contributed by atoms with Crippen LogP contribution in [0.1, 0.15) is 11.1 Å². The summed E-state index contributed by atoms with van der Waals surface area (Å²) in [6, 6.07) is 14.4. The lowest BCUT2D eigenvalue weighted by Gasteiger charge is -2.32. The van der Waals surface area contributed by atoms with Crippen LogP contribution in [0.5, 0.6) is 0 Å². The summed E-state index contributed by atoms with van der Waals surface area (Å²) < 4.78 is 13.4. The van der Waals surface area contributed by atoms with E-state index in [1.165, 1.54) is 24.3 Å². The number of carbonyl (C=O) groups excluding carboxylic acids is 1. The van der Waals surface area contributed by atoms with Crippen LogP contribution in [0.2, 0.25) is 0 Å². The Labute approximate surface area is 152 Å². The highest BCUT2D eigenvalue weighted by Crippen LogP contribution is 2.49. The molecule has 136 valence electrons. The summed E-state index contributed by atoms with van der Waals surface area (Å²) in [5, 5.41) is 14.8. The van der Waals surface area contributed by atoms with Crippen molar-refractivity contribution in [2.24, 2.45) is 17.8 Å². The van der Waals surface area contributed by atoms with E-state index in [0.29, 0.717) is 35.4 Å². The molecule has 2 fully saturated rings. The zero-order chi connectivity index (χ0) is 18.3. The first-order valence-corrected chi connectivity index (χ1v) is 9.02. The zero-order valence-corrected chi connectivity index (χ0v) is 14.7. The Morgan fingerprint density at radius 3 is 2.31 bits per heavy atom. The van der Waals surface area contributed by atoms with Crippen molar-refractivity contribution in [2.75, 3.05) is 26.7 Å². The number of amides is 1. The van der Waals surface area contributed by atoms with E-state index in [0.717, 1.165) is 13.1 Å². The summed E-state index contributed by atoms with van der Waals surface area (Å²) in [6.07, 6.45) is 0. The molecule has 1 aliphatic carbocycles. The van der Waals surface area contributed by atoms with Gasteiger partial charge in [0.2, 0.25) is 0 Å². The fraction of sp³-hybridized carbons (Fsp3) is 0.381. The number of carbonyl (C=O) groups is 1. The molecule has 0 aromatic heterocycles. The predicted molar refractivity (Wildman–Crippen MR) is 96.8 cm³/mol. The maximum Gasteiger partial charge on any atom is 0.263 e. The number of hydrogen-bond acceptors (Lipinski definition) is 3. The predicted octanol–water partition coefficient (Wildman–Crippen LogP) is 1.99. The second-order valence-corrected chi connectivity index (χ2v) is 7.42. The van der Waals surface area contributed by atoms with Gasteiger partial charge in [0.25, 0.3) is 5.91 Å². The summed E-state index contributed by atoms with van der Waals surface area (Å²) in [7, 11) is 1.74. The summed E-state index contributed by atoms with van der Waals surface area (Å²) >= 11 is 0. The van der Waals surface area contributed by atoms with Gasteiger partial charge in [-0.1, -0.05) is 42.5 Å². The minimum atomic E-state index is -1.83. The van der Waals surface area contributed by atoms with Gasteiger partial charge in [-0.2, -0.15) is 0 Å². The van der Waals surface area contributed by atoms with Gasteiger partial charge in [-0.15, -0.1) is 0 Å². The van der Waals surface area contributed by atoms with Gasteiger partial charge in [-0.05, 0) is 54.1 Å². The molecule has 1 saturated heterocycles. The second kappa shape index (κ2) is 6.49. The third-order valence-electron chi connectivity index (χ3n) is 5.86. The largest absolute Gasteiger partial charge is 0.372 e. The van der Waals surface area contributed by atoms with Crippen LogP contribution in [0.15, 0.2) is 54.6 Å². The van der Waals surface area contributed by atoms with Crippen molar-refractivity contribution in [3.63, 3.8) is 0 Å². The smallest absolute Gasteiger partial charge is 0.263 e. The Kier molecular flexibility index (Phi) is 4.29. The summed E-state index contributed by atoms with van der Waals surface area (Å²) in [6.45, 7) is 2.66. The number of nitrogens with zero attached hydrogens (tertiary/aromatic N) is 1. The SMILES string of the molecule is CN(CC1[C@H]2CNC[C@@H]12)C(=O)[C@](O)(c1ccccc1)c1ccc(F)cc1. The monoisotopic (exact) mass is 354 g/mol. The molecular formula is C21H23FN2O2. The van der Waals surface area contributed by atoms with Crippen LogP contribution in [-0.2, 0) is 10.4 Å². The number of fused-ring (bicyclic) bond motifs is 1. The number of nitrogens with one attached hydrogen (secondary N) is 1. The molecule has 0 radical (unpaired) electrons. The first kappa shape index (κ1) is 17.2. The maximum absolute atomic E-state index is 13.4. The number of hydrogen-bond donors (Lipinski definition) is 2. The molecule has 2 aliphatic rings. The van der Waals surface area contributed by atoms with E-state index in [9.17, 15) is 14.3 Å². The number of piperidine rings is 1. The fourth-order valence-corrected chi connectivity index (χ4v) is 4.28. The first-order valence-electron chi connectivity index (χ1n) is 9.02. The van der Waals surface area contributed by atoms with Gasteiger partial charge >= 0.3 is 0 Å². The van der Waals surface area contributed by atoms with E-state index >= 15 is 0 Å². The van der Waals surface area contributed by atoms with Crippen molar-refractivity contribution in [1.29, 1.82) is 0 Å². The van der Waals surface area contributed by atoms with Crippen molar-refractivity contribution < 1.29 is 14.3 Å². The van der Waals surface area contributed by atoms with Crippen LogP contribution in [0.25, 0.3) is 0 Å². The maximum atomic E-state index is 13.4. The highest BCUT2D eigenvalue weighted by molar-refractivity contribution is 5.90. The van der Waals surface area contributed by atoms with Crippen molar-refractivity contribution >= 4 is 5.91 Å².